The third-order valence-electron chi connectivity index (χ3n) is 2.36. The molecule has 0 saturated heterocycles. The second-order valence-corrected chi connectivity index (χ2v) is 7.02. The molecule has 1 atom stereocenters. The number of hydrogen-bond donors (Lipinski definition) is 2. The smallest absolute Gasteiger partial charge is 0.238 e. The predicted molar refractivity (Wildman–Crippen MR) is 87.3 cm³/mol. The molecule has 2 rings (SSSR count). The zero-order valence-electron chi connectivity index (χ0n) is 11.5. The van der Waals surface area contributed by atoms with E-state index in [1.54, 1.807) is 12.1 Å². The van der Waals surface area contributed by atoms with Crippen LogP contribution in [0.2, 0.25) is 5.02 Å². The number of carbonyl (C=O) groups excluding carboxylic acids is 1. The number of nitrogens with one attached hydrogen (secondary N) is 2. The molecule has 0 bridgehead atoms. The number of anilines is 2. The summed E-state index contributed by atoms with van der Waals surface area (Å²) in [4.78, 5) is 16.1. The molecule has 2 N–H and O–H groups in total. The van der Waals surface area contributed by atoms with E-state index in [9.17, 15) is 4.79 Å². The summed E-state index contributed by atoms with van der Waals surface area (Å²) in [5.74, 6) is 0.331. The second-order valence-electron chi connectivity index (χ2n) is 4.01. The number of pyridine rings is 1. The van der Waals surface area contributed by atoms with Gasteiger partial charge in [-0.15, -0.1) is 10.2 Å². The monoisotopic (exact) mass is 343 g/mol. The van der Waals surface area contributed by atoms with Crippen molar-refractivity contribution in [2.24, 2.45) is 0 Å². The summed E-state index contributed by atoms with van der Waals surface area (Å²) in [7, 11) is 0. The molecule has 9 heteroatoms. The minimum absolute atomic E-state index is 0.143. The SMILES string of the molecule is CCNc1nnc(S[C@H](C)C(=O)Nc2ccc(Cl)cn2)s1. The minimum atomic E-state index is -0.301. The quantitative estimate of drug-likeness (QED) is 0.784. The van der Waals surface area contributed by atoms with Crippen LogP contribution < -0.4 is 10.6 Å². The number of carbonyl (C=O) groups is 1. The van der Waals surface area contributed by atoms with Crippen molar-refractivity contribution in [1.29, 1.82) is 0 Å². The zero-order valence-corrected chi connectivity index (χ0v) is 13.8. The van der Waals surface area contributed by atoms with E-state index < -0.39 is 0 Å². The Labute approximate surface area is 135 Å². The van der Waals surface area contributed by atoms with Crippen molar-refractivity contribution in [3.05, 3.63) is 23.4 Å². The van der Waals surface area contributed by atoms with Crippen molar-refractivity contribution in [3.8, 4) is 0 Å². The third-order valence-corrected chi connectivity index (χ3v) is 4.65. The van der Waals surface area contributed by atoms with Crippen molar-refractivity contribution in [2.75, 3.05) is 17.2 Å². The predicted octanol–water partition coefficient (Wildman–Crippen LogP) is 3.14. The number of nitrogens with zero attached hydrogens (tertiary/aromatic N) is 3. The Morgan fingerprint density at radius 1 is 1.48 bits per heavy atom. The lowest BCUT2D eigenvalue weighted by atomic mass is 10.4. The van der Waals surface area contributed by atoms with Crippen molar-refractivity contribution < 1.29 is 4.79 Å². The standard InChI is InChI=1S/C12H14ClN5OS2/c1-3-14-11-17-18-12(21-11)20-7(2)10(19)16-9-5-4-8(13)6-15-9/h4-7H,3H2,1-2H3,(H,14,17)(H,15,16,19)/t7-/m1/s1. The maximum absolute atomic E-state index is 12.1. The minimum Gasteiger partial charge on any atom is -0.360 e. The Kier molecular flexibility index (Phi) is 5.77. The molecule has 6 nitrogen and oxygen atoms in total. The lowest BCUT2D eigenvalue weighted by Crippen LogP contribution is -2.22. The molecule has 2 aromatic rings. The van der Waals surface area contributed by atoms with Gasteiger partial charge in [-0.25, -0.2) is 4.98 Å². The van der Waals surface area contributed by atoms with Gasteiger partial charge in [0.05, 0.1) is 10.3 Å². The molecule has 112 valence electrons. The van der Waals surface area contributed by atoms with Crippen LogP contribution in [-0.2, 0) is 4.79 Å². The van der Waals surface area contributed by atoms with Gasteiger partial charge in [-0.2, -0.15) is 0 Å². The van der Waals surface area contributed by atoms with Gasteiger partial charge >= 0.3 is 0 Å². The van der Waals surface area contributed by atoms with Crippen LogP contribution in [0.1, 0.15) is 13.8 Å². The third kappa shape index (κ3) is 4.83. The highest BCUT2D eigenvalue weighted by Crippen LogP contribution is 2.29. The molecule has 0 aliphatic carbocycles. The molecule has 21 heavy (non-hydrogen) atoms. The highest BCUT2D eigenvalue weighted by Gasteiger charge is 2.17. The van der Waals surface area contributed by atoms with Gasteiger partial charge in [-0.05, 0) is 26.0 Å². The van der Waals surface area contributed by atoms with E-state index in [0.29, 0.717) is 10.8 Å². The summed E-state index contributed by atoms with van der Waals surface area (Å²) in [6.45, 7) is 4.59. The Hall–Kier alpha value is -1.38. The fourth-order valence-electron chi connectivity index (χ4n) is 1.36. The number of rotatable bonds is 6. The van der Waals surface area contributed by atoms with Crippen LogP contribution in [0.4, 0.5) is 10.9 Å². The number of hydrogen-bond acceptors (Lipinski definition) is 7. The lowest BCUT2D eigenvalue weighted by molar-refractivity contribution is -0.115. The average molecular weight is 344 g/mol. The van der Waals surface area contributed by atoms with Crippen LogP contribution in [-0.4, -0.2) is 32.9 Å². The molecular weight excluding hydrogens is 330 g/mol. The number of thioether (sulfide) groups is 1. The van der Waals surface area contributed by atoms with Crippen LogP contribution >= 0.6 is 34.7 Å². The van der Waals surface area contributed by atoms with Gasteiger partial charge in [0.25, 0.3) is 0 Å². The molecular formula is C12H14ClN5OS2. The van der Waals surface area contributed by atoms with Crippen molar-refractivity contribution in [1.82, 2.24) is 15.2 Å². The van der Waals surface area contributed by atoms with Crippen LogP contribution in [0.5, 0.6) is 0 Å². The first-order chi connectivity index (χ1) is 10.1. The first-order valence-corrected chi connectivity index (χ1v) is 8.32. The molecule has 2 aromatic heterocycles. The summed E-state index contributed by atoms with van der Waals surface area (Å²) in [6, 6.07) is 3.33. The topological polar surface area (TPSA) is 79.8 Å². The summed E-state index contributed by atoms with van der Waals surface area (Å²) in [5.41, 5.74) is 0. The molecule has 1 amide bonds. The molecule has 0 unspecified atom stereocenters. The first-order valence-electron chi connectivity index (χ1n) is 6.25. The fraction of sp³-hybridized carbons (Fsp3) is 0.333. The summed E-state index contributed by atoms with van der Waals surface area (Å²) in [5, 5.41) is 14.8. The molecule has 0 aliphatic rings. The maximum atomic E-state index is 12.1. The van der Waals surface area contributed by atoms with Gasteiger partial charge in [0.15, 0.2) is 4.34 Å². The van der Waals surface area contributed by atoms with E-state index in [1.165, 1.54) is 29.3 Å². The second kappa shape index (κ2) is 7.58. The van der Waals surface area contributed by atoms with Crippen molar-refractivity contribution in [2.45, 2.75) is 23.4 Å². The number of halogens is 1. The number of aromatic nitrogens is 3. The van der Waals surface area contributed by atoms with E-state index in [2.05, 4.69) is 25.8 Å². The first kappa shape index (κ1) is 16.0. The van der Waals surface area contributed by atoms with Gasteiger partial charge in [0.2, 0.25) is 11.0 Å². The van der Waals surface area contributed by atoms with E-state index >= 15 is 0 Å². The summed E-state index contributed by atoms with van der Waals surface area (Å²) < 4.78 is 0.748. The van der Waals surface area contributed by atoms with Crippen LogP contribution in [0, 0.1) is 0 Å². The molecule has 0 aliphatic heterocycles. The highest BCUT2D eigenvalue weighted by atomic mass is 35.5. The maximum Gasteiger partial charge on any atom is 0.238 e. The fourth-order valence-corrected chi connectivity index (χ4v) is 3.44. The van der Waals surface area contributed by atoms with Gasteiger partial charge in [-0.3, -0.25) is 4.79 Å². The van der Waals surface area contributed by atoms with Gasteiger partial charge in [-0.1, -0.05) is 34.7 Å². The lowest BCUT2D eigenvalue weighted by Gasteiger charge is -2.09. The molecule has 0 radical (unpaired) electrons. The van der Waals surface area contributed by atoms with Crippen LogP contribution in [0.15, 0.2) is 22.7 Å². The van der Waals surface area contributed by atoms with E-state index in [0.717, 1.165) is 16.0 Å². The Bertz CT molecular complexity index is 604. The Balaban J connectivity index is 1.90. The highest BCUT2D eigenvalue weighted by molar-refractivity contribution is 8.02. The molecule has 0 saturated carbocycles. The number of amides is 1. The van der Waals surface area contributed by atoms with E-state index in [-0.39, 0.29) is 11.2 Å². The van der Waals surface area contributed by atoms with E-state index in [1.807, 2.05) is 13.8 Å². The normalized spacial score (nSPS) is 12.0. The van der Waals surface area contributed by atoms with Crippen molar-refractivity contribution in [3.63, 3.8) is 0 Å². The molecule has 0 fully saturated rings. The zero-order chi connectivity index (χ0) is 15.2. The van der Waals surface area contributed by atoms with Gasteiger partial charge in [0.1, 0.15) is 5.82 Å². The van der Waals surface area contributed by atoms with Gasteiger partial charge < -0.3 is 10.6 Å². The molecule has 0 spiro atoms. The Morgan fingerprint density at radius 2 is 2.29 bits per heavy atom. The molecule has 2 heterocycles. The summed E-state index contributed by atoms with van der Waals surface area (Å²) >= 11 is 8.53. The van der Waals surface area contributed by atoms with Gasteiger partial charge in [0, 0.05) is 12.7 Å². The average Bonchev–Trinajstić information content (AvgIpc) is 2.89. The Morgan fingerprint density at radius 3 is 2.95 bits per heavy atom. The largest absolute Gasteiger partial charge is 0.360 e. The van der Waals surface area contributed by atoms with Crippen molar-refractivity contribution >= 4 is 51.6 Å². The van der Waals surface area contributed by atoms with Crippen LogP contribution in [0.25, 0.3) is 0 Å². The molecule has 0 aromatic carbocycles. The van der Waals surface area contributed by atoms with Crippen LogP contribution in [0.3, 0.4) is 0 Å². The van der Waals surface area contributed by atoms with E-state index in [4.69, 9.17) is 11.6 Å². The summed E-state index contributed by atoms with van der Waals surface area (Å²) in [6.07, 6.45) is 1.49.